The number of carbonyl (C=O) groups is 2. The minimum absolute atomic E-state index is 0.0936. The van der Waals surface area contributed by atoms with Gasteiger partial charge in [-0.2, -0.15) is 0 Å². The van der Waals surface area contributed by atoms with Gasteiger partial charge in [-0.25, -0.2) is 0 Å². The molecule has 134 valence electrons. The predicted octanol–water partition coefficient (Wildman–Crippen LogP) is 2.02. The van der Waals surface area contributed by atoms with E-state index < -0.39 is 6.04 Å². The minimum atomic E-state index is -0.517. The topological polar surface area (TPSA) is 71.5 Å². The van der Waals surface area contributed by atoms with Crippen molar-refractivity contribution in [2.75, 3.05) is 6.54 Å². The summed E-state index contributed by atoms with van der Waals surface area (Å²) in [7, 11) is 0. The van der Waals surface area contributed by atoms with Crippen LogP contribution in [0.3, 0.4) is 0 Å². The fourth-order valence-corrected chi connectivity index (χ4v) is 3.23. The van der Waals surface area contributed by atoms with Crippen LogP contribution in [0.25, 0.3) is 0 Å². The Morgan fingerprint density at radius 2 is 1.92 bits per heavy atom. The van der Waals surface area contributed by atoms with Gasteiger partial charge in [-0.1, -0.05) is 18.2 Å². The number of pyridine rings is 1. The molecule has 1 aliphatic heterocycles. The normalized spacial score (nSPS) is 22.1. The van der Waals surface area contributed by atoms with Crippen molar-refractivity contribution < 1.29 is 14.3 Å². The van der Waals surface area contributed by atoms with Gasteiger partial charge in [-0.3, -0.25) is 14.6 Å². The number of likely N-dealkylation sites (tertiary alicyclic amines) is 1. The number of para-hydroxylation sites is 1. The lowest BCUT2D eigenvalue weighted by Gasteiger charge is -2.23. The third-order valence-corrected chi connectivity index (χ3v) is 4.70. The Hall–Kier alpha value is -2.89. The molecule has 26 heavy (non-hydrogen) atoms. The Kier molecular flexibility index (Phi) is 4.56. The fourth-order valence-electron chi connectivity index (χ4n) is 3.23. The molecule has 1 aliphatic carbocycles. The third kappa shape index (κ3) is 3.69. The average Bonchev–Trinajstić information content (AvgIpc) is 3.39. The molecule has 2 aromatic rings. The zero-order valence-electron chi connectivity index (χ0n) is 14.4. The number of rotatable bonds is 5. The molecule has 2 fully saturated rings. The van der Waals surface area contributed by atoms with Crippen molar-refractivity contribution in [3.63, 3.8) is 0 Å². The molecule has 1 saturated carbocycles. The third-order valence-electron chi connectivity index (χ3n) is 4.70. The predicted molar refractivity (Wildman–Crippen MR) is 95.7 cm³/mol. The van der Waals surface area contributed by atoms with E-state index in [0.717, 1.165) is 18.6 Å². The van der Waals surface area contributed by atoms with Crippen molar-refractivity contribution >= 4 is 11.8 Å². The van der Waals surface area contributed by atoms with Gasteiger partial charge < -0.3 is 15.0 Å². The van der Waals surface area contributed by atoms with Gasteiger partial charge in [0.15, 0.2) is 0 Å². The molecule has 6 heteroatoms. The number of aromatic nitrogens is 1. The quantitative estimate of drug-likeness (QED) is 0.895. The Balaban J connectivity index is 1.52. The van der Waals surface area contributed by atoms with Gasteiger partial charge in [0.25, 0.3) is 5.91 Å². The van der Waals surface area contributed by atoms with Crippen LogP contribution in [0, 0.1) is 0 Å². The van der Waals surface area contributed by atoms with Crippen molar-refractivity contribution in [3.8, 4) is 5.75 Å². The molecule has 0 radical (unpaired) electrons. The van der Waals surface area contributed by atoms with E-state index in [9.17, 15) is 9.59 Å². The van der Waals surface area contributed by atoms with Crippen molar-refractivity contribution in [1.82, 2.24) is 15.2 Å². The summed E-state index contributed by atoms with van der Waals surface area (Å²) in [6.07, 6.45) is 5.45. The van der Waals surface area contributed by atoms with E-state index in [0.29, 0.717) is 18.5 Å². The van der Waals surface area contributed by atoms with E-state index in [-0.39, 0.29) is 24.0 Å². The molecule has 0 unspecified atom stereocenters. The molecule has 0 bridgehead atoms. The molecular weight excluding hydrogens is 330 g/mol. The molecule has 2 amide bonds. The SMILES string of the molecule is O=C(NC1CC1)[C@@H]1C[C@H](Oc2ccccc2)CN1C(=O)c1cccnc1. The molecule has 2 atom stereocenters. The molecule has 0 spiro atoms. The van der Waals surface area contributed by atoms with E-state index in [2.05, 4.69) is 10.3 Å². The maximum Gasteiger partial charge on any atom is 0.256 e. The van der Waals surface area contributed by atoms with Gasteiger partial charge in [-0.05, 0) is 37.1 Å². The average molecular weight is 351 g/mol. The van der Waals surface area contributed by atoms with Crippen LogP contribution in [-0.4, -0.2) is 46.4 Å². The summed E-state index contributed by atoms with van der Waals surface area (Å²) in [4.78, 5) is 31.2. The highest BCUT2D eigenvalue weighted by atomic mass is 16.5. The monoisotopic (exact) mass is 351 g/mol. The molecular formula is C20H21N3O3. The number of nitrogens with one attached hydrogen (secondary N) is 1. The summed E-state index contributed by atoms with van der Waals surface area (Å²) in [5, 5.41) is 3.01. The van der Waals surface area contributed by atoms with E-state index in [1.54, 1.807) is 23.2 Å². The highest BCUT2D eigenvalue weighted by Crippen LogP contribution is 2.26. The number of hydrogen-bond donors (Lipinski definition) is 1. The first-order valence-corrected chi connectivity index (χ1v) is 8.94. The van der Waals surface area contributed by atoms with Crippen LogP contribution < -0.4 is 10.1 Å². The Bertz CT molecular complexity index is 777. The highest BCUT2D eigenvalue weighted by molar-refractivity contribution is 5.97. The summed E-state index contributed by atoms with van der Waals surface area (Å²) >= 11 is 0. The summed E-state index contributed by atoms with van der Waals surface area (Å²) < 4.78 is 6.00. The number of amides is 2. The number of nitrogens with zero attached hydrogens (tertiary/aromatic N) is 2. The first-order chi connectivity index (χ1) is 12.7. The number of hydrogen-bond acceptors (Lipinski definition) is 4. The Morgan fingerprint density at radius 1 is 1.12 bits per heavy atom. The van der Waals surface area contributed by atoms with Gasteiger partial charge in [0.05, 0.1) is 12.1 Å². The second kappa shape index (κ2) is 7.15. The van der Waals surface area contributed by atoms with Gasteiger partial charge in [0.1, 0.15) is 17.9 Å². The smallest absolute Gasteiger partial charge is 0.256 e. The lowest BCUT2D eigenvalue weighted by molar-refractivity contribution is -0.125. The van der Waals surface area contributed by atoms with Gasteiger partial charge in [-0.15, -0.1) is 0 Å². The lowest BCUT2D eigenvalue weighted by Crippen LogP contribution is -2.46. The van der Waals surface area contributed by atoms with Crippen LogP contribution in [-0.2, 0) is 4.79 Å². The zero-order chi connectivity index (χ0) is 17.9. The largest absolute Gasteiger partial charge is 0.488 e. The van der Waals surface area contributed by atoms with E-state index >= 15 is 0 Å². The van der Waals surface area contributed by atoms with Crippen LogP contribution in [0.15, 0.2) is 54.9 Å². The Morgan fingerprint density at radius 3 is 2.62 bits per heavy atom. The van der Waals surface area contributed by atoms with E-state index in [1.165, 1.54) is 6.20 Å². The van der Waals surface area contributed by atoms with Crippen LogP contribution in [0.1, 0.15) is 29.6 Å². The van der Waals surface area contributed by atoms with Crippen molar-refractivity contribution in [2.45, 2.75) is 37.5 Å². The number of carbonyl (C=O) groups excluding carboxylic acids is 2. The molecule has 1 N–H and O–H groups in total. The summed E-state index contributed by atoms with van der Waals surface area (Å²) in [5.41, 5.74) is 0.483. The molecule has 1 saturated heterocycles. The number of benzene rings is 1. The molecule has 4 rings (SSSR count). The maximum absolute atomic E-state index is 12.9. The summed E-state index contributed by atoms with van der Waals surface area (Å²) in [6.45, 7) is 0.380. The summed E-state index contributed by atoms with van der Waals surface area (Å²) in [6, 6.07) is 12.7. The van der Waals surface area contributed by atoms with Crippen LogP contribution in [0.2, 0.25) is 0 Å². The fraction of sp³-hybridized carbons (Fsp3) is 0.350. The standard InChI is InChI=1S/C20H21N3O3/c24-19(22-15-8-9-15)18-11-17(26-16-6-2-1-3-7-16)13-23(18)20(25)14-5-4-10-21-12-14/h1-7,10,12,15,17-18H,8-9,11,13H2,(H,22,24)/t17-,18-/m0/s1. The first-order valence-electron chi connectivity index (χ1n) is 8.94. The van der Waals surface area contributed by atoms with Gasteiger partial charge in [0.2, 0.25) is 5.91 Å². The summed E-state index contributed by atoms with van der Waals surface area (Å²) in [5.74, 6) is 0.464. The van der Waals surface area contributed by atoms with Crippen molar-refractivity contribution in [3.05, 3.63) is 60.4 Å². The zero-order valence-corrected chi connectivity index (χ0v) is 14.4. The second-order valence-electron chi connectivity index (χ2n) is 6.79. The van der Waals surface area contributed by atoms with Crippen LogP contribution in [0.4, 0.5) is 0 Å². The number of ether oxygens (including phenoxy) is 1. The molecule has 6 nitrogen and oxygen atoms in total. The van der Waals surface area contributed by atoms with E-state index in [1.807, 2.05) is 30.3 Å². The van der Waals surface area contributed by atoms with Crippen molar-refractivity contribution in [1.29, 1.82) is 0 Å². The van der Waals surface area contributed by atoms with Gasteiger partial charge >= 0.3 is 0 Å². The second-order valence-corrected chi connectivity index (χ2v) is 6.79. The highest BCUT2D eigenvalue weighted by Gasteiger charge is 2.42. The van der Waals surface area contributed by atoms with Gasteiger partial charge in [0, 0.05) is 24.9 Å². The molecule has 2 heterocycles. The maximum atomic E-state index is 12.9. The Labute approximate surface area is 152 Å². The van der Waals surface area contributed by atoms with Crippen LogP contribution in [0.5, 0.6) is 5.75 Å². The molecule has 2 aliphatic rings. The lowest BCUT2D eigenvalue weighted by atomic mass is 10.1. The van der Waals surface area contributed by atoms with Crippen molar-refractivity contribution in [2.24, 2.45) is 0 Å². The minimum Gasteiger partial charge on any atom is -0.488 e. The van der Waals surface area contributed by atoms with Crippen LogP contribution >= 0.6 is 0 Å². The molecule has 1 aromatic heterocycles. The molecule has 1 aromatic carbocycles. The first kappa shape index (κ1) is 16.6. The van der Waals surface area contributed by atoms with E-state index in [4.69, 9.17) is 4.74 Å².